The van der Waals surface area contributed by atoms with E-state index in [2.05, 4.69) is 26.1 Å². The third-order valence-corrected chi connectivity index (χ3v) is 11.7. The fraction of sp³-hybridized carbons (Fsp3) is 0.366. The molecular formula is C41H41ClN8O11S. The van der Waals surface area contributed by atoms with Gasteiger partial charge < -0.3 is 29.6 Å². The lowest BCUT2D eigenvalue weighted by molar-refractivity contribution is -0.141. The molecule has 19 nitrogen and oxygen atoms in total. The molecule has 5 heterocycles. The number of benzene rings is 2. The zero-order valence-electron chi connectivity index (χ0n) is 33.8. The van der Waals surface area contributed by atoms with Crippen molar-refractivity contribution in [2.75, 3.05) is 53.2 Å². The topological polar surface area (TPSA) is 239 Å². The lowest BCUT2D eigenvalue weighted by atomic mass is 9.99. The second kappa shape index (κ2) is 19.1. The van der Waals surface area contributed by atoms with Gasteiger partial charge in [0.25, 0.3) is 23.6 Å². The summed E-state index contributed by atoms with van der Waals surface area (Å²) in [5.74, 6) is -2.85. The molecule has 0 bridgehead atoms. The van der Waals surface area contributed by atoms with Crippen molar-refractivity contribution in [1.82, 2.24) is 35.6 Å². The van der Waals surface area contributed by atoms with Gasteiger partial charge in [-0.05, 0) is 50.1 Å². The molecule has 3 aliphatic rings. The molecule has 1 fully saturated rings. The van der Waals surface area contributed by atoms with Crippen LogP contribution in [0, 0.1) is 13.8 Å². The van der Waals surface area contributed by atoms with Crippen molar-refractivity contribution in [1.29, 1.82) is 0 Å². The first-order valence-corrected chi connectivity index (χ1v) is 20.7. The number of aryl methyl sites for hydroxylation is 1. The number of fused-ring (bicyclic) bond motifs is 4. The number of hydrogen-bond donors (Lipinski definition) is 3. The summed E-state index contributed by atoms with van der Waals surface area (Å²) in [5, 5.41) is 17.6. The highest BCUT2D eigenvalue weighted by atomic mass is 35.5. The maximum Gasteiger partial charge on any atom is 0.308 e. The molecule has 4 aromatic rings. The fourth-order valence-electron chi connectivity index (χ4n) is 7.18. The van der Waals surface area contributed by atoms with E-state index in [1.54, 1.807) is 19.1 Å². The van der Waals surface area contributed by atoms with Gasteiger partial charge in [0, 0.05) is 35.7 Å². The highest BCUT2D eigenvalue weighted by Gasteiger charge is 2.46. The van der Waals surface area contributed by atoms with Crippen LogP contribution in [0.25, 0.3) is 5.00 Å². The Hall–Kier alpha value is -6.35. The van der Waals surface area contributed by atoms with Gasteiger partial charge in [-0.1, -0.05) is 29.8 Å². The number of aromatic nitrogens is 3. The molecule has 1 unspecified atom stereocenters. The van der Waals surface area contributed by atoms with Crippen LogP contribution < -0.4 is 20.7 Å². The second-order valence-corrected chi connectivity index (χ2v) is 15.6. The molecule has 21 heteroatoms. The van der Waals surface area contributed by atoms with E-state index in [0.29, 0.717) is 43.4 Å². The standard InChI is InChI=1S/C41H41ClN8O11S/c1-21-32-34(23-7-9-24(42)10-8-23)45-26(19-31(53)58-3)36-48-47-22(2)49(36)41(32)62-35(21)38(55)44-14-16-60-18-17-59-15-13-43-30(52)20-61-28-6-4-5-25-33(28)40(57)50(39(25)56)27-11-12-29(51)46-37(27)54/h4-10,26-27H,11-20H2,1-3H3,(H,43,52)(H,44,55)(H,46,51,54)/t26-,27?/m0/s1. The molecule has 0 aliphatic carbocycles. The van der Waals surface area contributed by atoms with E-state index in [4.69, 9.17) is 35.5 Å². The van der Waals surface area contributed by atoms with Crippen LogP contribution in [0.5, 0.6) is 5.75 Å². The lowest BCUT2D eigenvalue weighted by Crippen LogP contribution is -2.54. The highest BCUT2D eigenvalue weighted by Crippen LogP contribution is 2.40. The first-order valence-electron chi connectivity index (χ1n) is 19.5. The predicted octanol–water partition coefficient (Wildman–Crippen LogP) is 2.41. The highest BCUT2D eigenvalue weighted by molar-refractivity contribution is 7.17. The number of hydrogen-bond acceptors (Lipinski definition) is 15. The summed E-state index contributed by atoms with van der Waals surface area (Å²) in [5.41, 5.74) is 2.71. The number of aliphatic imine (C=N–C) groups is 1. The van der Waals surface area contributed by atoms with Crippen molar-refractivity contribution >= 4 is 70.1 Å². The van der Waals surface area contributed by atoms with Crippen molar-refractivity contribution in [2.24, 2.45) is 4.99 Å². The van der Waals surface area contributed by atoms with Gasteiger partial charge in [0.2, 0.25) is 11.8 Å². The molecule has 3 N–H and O–H groups in total. The Balaban J connectivity index is 0.850. The van der Waals surface area contributed by atoms with Gasteiger partial charge in [0.05, 0.1) is 61.7 Å². The summed E-state index contributed by atoms with van der Waals surface area (Å²) in [4.78, 5) is 95.0. The van der Waals surface area contributed by atoms with Crippen LogP contribution in [0.4, 0.5) is 0 Å². The lowest BCUT2D eigenvalue weighted by Gasteiger charge is -2.27. The summed E-state index contributed by atoms with van der Waals surface area (Å²) in [7, 11) is 1.31. The number of methoxy groups -OCH3 is 1. The number of rotatable bonds is 17. The Kier molecular flexibility index (Phi) is 13.5. The third kappa shape index (κ3) is 9.13. The van der Waals surface area contributed by atoms with Gasteiger partial charge in [-0.2, -0.15) is 0 Å². The minimum atomic E-state index is -1.13. The molecular weight excluding hydrogens is 848 g/mol. The molecule has 324 valence electrons. The Morgan fingerprint density at radius 2 is 1.65 bits per heavy atom. The largest absolute Gasteiger partial charge is 0.483 e. The van der Waals surface area contributed by atoms with E-state index in [1.807, 2.05) is 23.6 Å². The van der Waals surface area contributed by atoms with Gasteiger partial charge in [0.1, 0.15) is 28.7 Å². The average Bonchev–Trinajstić information content (AvgIpc) is 3.85. The van der Waals surface area contributed by atoms with Gasteiger partial charge in [-0.3, -0.25) is 53.3 Å². The summed E-state index contributed by atoms with van der Waals surface area (Å²) < 4.78 is 23.6. The zero-order chi connectivity index (χ0) is 44.1. The van der Waals surface area contributed by atoms with E-state index < -0.39 is 54.2 Å². The van der Waals surface area contributed by atoms with Crippen molar-refractivity contribution in [3.8, 4) is 10.8 Å². The molecule has 0 saturated carbocycles. The number of thiophene rings is 1. The Morgan fingerprint density at radius 3 is 2.35 bits per heavy atom. The molecule has 7 rings (SSSR count). The van der Waals surface area contributed by atoms with E-state index in [1.165, 1.54) is 36.6 Å². The fourth-order valence-corrected chi connectivity index (χ4v) is 8.59. The zero-order valence-corrected chi connectivity index (χ0v) is 35.4. The quantitative estimate of drug-likeness (QED) is 0.0786. The normalized spacial score (nSPS) is 16.8. The van der Waals surface area contributed by atoms with Gasteiger partial charge in [-0.15, -0.1) is 21.5 Å². The van der Waals surface area contributed by atoms with Crippen LogP contribution in [-0.2, 0) is 33.4 Å². The molecule has 0 spiro atoms. The molecule has 2 aromatic heterocycles. The summed E-state index contributed by atoms with van der Waals surface area (Å²) in [6.45, 7) is 4.38. The van der Waals surface area contributed by atoms with Gasteiger partial charge in [0.15, 0.2) is 12.4 Å². The Morgan fingerprint density at radius 1 is 0.919 bits per heavy atom. The number of nitrogens with zero attached hydrogens (tertiary/aromatic N) is 5. The molecule has 1 saturated heterocycles. The maximum atomic E-state index is 13.6. The van der Waals surface area contributed by atoms with E-state index in [-0.39, 0.29) is 81.6 Å². The molecule has 2 aromatic carbocycles. The van der Waals surface area contributed by atoms with Crippen LogP contribution in [0.2, 0.25) is 5.02 Å². The number of carbonyl (C=O) groups is 7. The van der Waals surface area contributed by atoms with Crippen molar-refractivity contribution < 1.29 is 52.5 Å². The average molecular weight is 889 g/mol. The number of imide groups is 2. The van der Waals surface area contributed by atoms with Gasteiger partial charge in [-0.25, -0.2) is 0 Å². The maximum absolute atomic E-state index is 13.6. The number of nitrogens with one attached hydrogen (secondary N) is 3. The number of piperidine rings is 1. The minimum Gasteiger partial charge on any atom is -0.483 e. The first kappa shape index (κ1) is 43.7. The van der Waals surface area contributed by atoms with Crippen LogP contribution >= 0.6 is 22.9 Å². The van der Waals surface area contributed by atoms with E-state index >= 15 is 0 Å². The van der Waals surface area contributed by atoms with Crippen LogP contribution in [0.3, 0.4) is 0 Å². The molecule has 0 radical (unpaired) electrons. The second-order valence-electron chi connectivity index (χ2n) is 14.2. The predicted molar refractivity (Wildman–Crippen MR) is 221 cm³/mol. The number of amides is 6. The first-order chi connectivity index (χ1) is 29.9. The van der Waals surface area contributed by atoms with E-state index in [0.717, 1.165) is 10.5 Å². The SMILES string of the molecule is COC(=O)C[C@@H]1N=C(c2ccc(Cl)cc2)c2c(sc(C(=O)NCCOCCOCCNC(=O)COc3cccc4c3C(=O)N(C3CCC(=O)NC3=O)C4=O)c2C)-n2c(C)nnc21. The third-order valence-electron chi connectivity index (χ3n) is 10.2. The van der Waals surface area contributed by atoms with E-state index in [9.17, 15) is 33.6 Å². The van der Waals surface area contributed by atoms with Gasteiger partial charge >= 0.3 is 5.97 Å². The van der Waals surface area contributed by atoms with Crippen molar-refractivity contribution in [3.05, 3.63) is 91.8 Å². The van der Waals surface area contributed by atoms with Crippen molar-refractivity contribution in [3.63, 3.8) is 0 Å². The molecule has 2 atom stereocenters. The molecule has 3 aliphatic heterocycles. The number of carbonyl (C=O) groups excluding carboxylic acids is 7. The number of halogens is 1. The summed E-state index contributed by atoms with van der Waals surface area (Å²) in [6, 6.07) is 9.72. The van der Waals surface area contributed by atoms with Crippen molar-refractivity contribution in [2.45, 2.75) is 45.2 Å². The molecule has 6 amide bonds. The van der Waals surface area contributed by atoms with Crippen LogP contribution in [0.1, 0.15) is 84.0 Å². The monoisotopic (exact) mass is 888 g/mol. The number of esters is 1. The van der Waals surface area contributed by atoms with Crippen LogP contribution in [0.15, 0.2) is 47.5 Å². The molecule has 62 heavy (non-hydrogen) atoms. The smallest absolute Gasteiger partial charge is 0.308 e. The summed E-state index contributed by atoms with van der Waals surface area (Å²) in [6.07, 6.45) is -0.0540. The Labute approximate surface area is 363 Å². The summed E-state index contributed by atoms with van der Waals surface area (Å²) >= 11 is 7.47. The number of ether oxygens (including phenoxy) is 4. The van der Waals surface area contributed by atoms with Crippen LogP contribution in [-0.4, -0.2) is 126 Å². The Bertz CT molecular complexity index is 2480. The minimum absolute atomic E-state index is 0.00855.